The van der Waals surface area contributed by atoms with Gasteiger partial charge in [0.05, 0.1) is 18.1 Å². The molecule has 0 unspecified atom stereocenters. The van der Waals surface area contributed by atoms with Crippen molar-refractivity contribution in [2.24, 2.45) is 0 Å². The fourth-order valence-electron chi connectivity index (χ4n) is 1.59. The molecule has 2 rings (SSSR count). The number of aromatic nitrogens is 1. The zero-order valence-electron chi connectivity index (χ0n) is 11.5. The lowest BCUT2D eigenvalue weighted by atomic mass is 10.2. The summed E-state index contributed by atoms with van der Waals surface area (Å²) in [6.07, 6.45) is 1.23. The van der Waals surface area contributed by atoms with Gasteiger partial charge in [-0.15, -0.1) is 11.3 Å². The van der Waals surface area contributed by atoms with Crippen LogP contribution in [-0.2, 0) is 10.0 Å². The number of anilines is 1. The fraction of sp³-hybridized carbons (Fsp3) is 0.308. The van der Waals surface area contributed by atoms with E-state index in [2.05, 4.69) is 9.71 Å². The van der Waals surface area contributed by atoms with E-state index in [0.29, 0.717) is 5.13 Å². The maximum Gasteiger partial charge on any atom is 0.231 e. The van der Waals surface area contributed by atoms with Crippen LogP contribution in [0.4, 0.5) is 5.13 Å². The van der Waals surface area contributed by atoms with Gasteiger partial charge < -0.3 is 4.74 Å². The van der Waals surface area contributed by atoms with Gasteiger partial charge in [-0.2, -0.15) is 0 Å². The topological polar surface area (TPSA) is 68.3 Å². The molecule has 0 spiro atoms. The normalized spacial score (nSPS) is 11.6. The Morgan fingerprint density at radius 2 is 1.90 bits per heavy atom. The monoisotopic (exact) mass is 312 g/mol. The Hall–Kier alpha value is -1.60. The molecule has 0 atom stereocenters. The van der Waals surface area contributed by atoms with Crippen molar-refractivity contribution in [1.29, 1.82) is 0 Å². The SMILES string of the molecule is CC(C)Oc1ccc(-c2csc(NS(C)(=O)=O)n2)cc1. The van der Waals surface area contributed by atoms with Crippen molar-refractivity contribution >= 4 is 26.5 Å². The molecule has 0 saturated carbocycles. The molecule has 0 fully saturated rings. The summed E-state index contributed by atoms with van der Waals surface area (Å²) < 4.78 is 30.2. The Morgan fingerprint density at radius 1 is 1.25 bits per heavy atom. The summed E-state index contributed by atoms with van der Waals surface area (Å²) in [5.74, 6) is 0.800. The first kappa shape index (κ1) is 14.8. The van der Waals surface area contributed by atoms with Gasteiger partial charge >= 0.3 is 0 Å². The van der Waals surface area contributed by atoms with E-state index in [-0.39, 0.29) is 6.10 Å². The molecule has 7 heteroatoms. The van der Waals surface area contributed by atoms with E-state index in [9.17, 15) is 8.42 Å². The molecule has 0 aliphatic carbocycles. The highest BCUT2D eigenvalue weighted by Gasteiger charge is 2.08. The molecule has 20 heavy (non-hydrogen) atoms. The second-order valence-electron chi connectivity index (χ2n) is 4.60. The third-order valence-corrected chi connectivity index (χ3v) is 3.75. The maximum absolute atomic E-state index is 11.1. The smallest absolute Gasteiger partial charge is 0.231 e. The molecule has 1 heterocycles. The first-order chi connectivity index (χ1) is 9.33. The minimum atomic E-state index is -3.29. The van der Waals surface area contributed by atoms with Crippen LogP contribution in [0.3, 0.4) is 0 Å². The zero-order valence-corrected chi connectivity index (χ0v) is 13.1. The number of sulfonamides is 1. The second-order valence-corrected chi connectivity index (χ2v) is 7.21. The van der Waals surface area contributed by atoms with E-state index in [1.807, 2.05) is 43.5 Å². The van der Waals surface area contributed by atoms with Gasteiger partial charge in [0, 0.05) is 10.9 Å². The van der Waals surface area contributed by atoms with Crippen molar-refractivity contribution in [3.8, 4) is 17.0 Å². The largest absolute Gasteiger partial charge is 0.491 e. The maximum atomic E-state index is 11.1. The van der Waals surface area contributed by atoms with Crippen LogP contribution in [0.1, 0.15) is 13.8 Å². The molecular formula is C13H16N2O3S2. The third-order valence-electron chi connectivity index (χ3n) is 2.30. The van der Waals surface area contributed by atoms with Crippen LogP contribution < -0.4 is 9.46 Å². The van der Waals surface area contributed by atoms with Gasteiger partial charge in [-0.1, -0.05) is 0 Å². The molecule has 5 nitrogen and oxygen atoms in total. The lowest BCUT2D eigenvalue weighted by molar-refractivity contribution is 0.242. The Bertz CT molecular complexity index is 676. The lowest BCUT2D eigenvalue weighted by Gasteiger charge is -2.09. The van der Waals surface area contributed by atoms with E-state index >= 15 is 0 Å². The molecule has 0 saturated heterocycles. The van der Waals surface area contributed by atoms with E-state index in [4.69, 9.17) is 4.74 Å². The number of hydrogen-bond donors (Lipinski definition) is 1. The summed E-state index contributed by atoms with van der Waals surface area (Å²) in [4.78, 5) is 4.24. The molecule has 1 aromatic heterocycles. The summed E-state index contributed by atoms with van der Waals surface area (Å²) in [6.45, 7) is 3.94. The van der Waals surface area contributed by atoms with E-state index < -0.39 is 10.0 Å². The van der Waals surface area contributed by atoms with Gasteiger partial charge in [-0.3, -0.25) is 4.72 Å². The summed E-state index contributed by atoms with van der Waals surface area (Å²) in [6, 6.07) is 7.55. The van der Waals surface area contributed by atoms with Gasteiger partial charge in [0.25, 0.3) is 0 Å². The van der Waals surface area contributed by atoms with Crippen LogP contribution in [0.5, 0.6) is 5.75 Å². The summed E-state index contributed by atoms with van der Waals surface area (Å²) >= 11 is 1.25. The molecule has 0 bridgehead atoms. The average molecular weight is 312 g/mol. The Balaban J connectivity index is 2.16. The van der Waals surface area contributed by atoms with E-state index in [1.165, 1.54) is 11.3 Å². The zero-order chi connectivity index (χ0) is 14.8. The number of benzene rings is 1. The van der Waals surface area contributed by atoms with Gasteiger partial charge in [-0.05, 0) is 38.1 Å². The van der Waals surface area contributed by atoms with Crippen molar-refractivity contribution in [1.82, 2.24) is 4.98 Å². The average Bonchev–Trinajstić information content (AvgIpc) is 2.75. The minimum absolute atomic E-state index is 0.130. The molecule has 0 radical (unpaired) electrons. The highest BCUT2D eigenvalue weighted by atomic mass is 32.2. The second kappa shape index (κ2) is 5.80. The van der Waals surface area contributed by atoms with Crippen LogP contribution >= 0.6 is 11.3 Å². The fourth-order valence-corrected chi connectivity index (χ4v) is 3.16. The van der Waals surface area contributed by atoms with Crippen LogP contribution in [0, 0.1) is 0 Å². The molecule has 108 valence electrons. The van der Waals surface area contributed by atoms with Gasteiger partial charge in [0.15, 0.2) is 5.13 Å². The predicted octanol–water partition coefficient (Wildman–Crippen LogP) is 2.97. The molecule has 2 aromatic rings. The van der Waals surface area contributed by atoms with Crippen molar-refractivity contribution in [3.63, 3.8) is 0 Å². The van der Waals surface area contributed by atoms with Crippen LogP contribution in [0.25, 0.3) is 11.3 Å². The highest BCUT2D eigenvalue weighted by molar-refractivity contribution is 7.92. The number of thiazole rings is 1. The summed E-state index contributed by atoms with van der Waals surface area (Å²) in [5, 5.41) is 2.18. The Morgan fingerprint density at radius 3 is 2.45 bits per heavy atom. The van der Waals surface area contributed by atoms with Crippen LogP contribution in [0.2, 0.25) is 0 Å². The highest BCUT2D eigenvalue weighted by Crippen LogP contribution is 2.27. The van der Waals surface area contributed by atoms with Crippen molar-refractivity contribution in [2.75, 3.05) is 11.0 Å². The summed E-state index contributed by atoms with van der Waals surface area (Å²) in [5.41, 5.74) is 1.65. The van der Waals surface area contributed by atoms with Gasteiger partial charge in [0.2, 0.25) is 10.0 Å². The van der Waals surface area contributed by atoms with Crippen molar-refractivity contribution < 1.29 is 13.2 Å². The van der Waals surface area contributed by atoms with Gasteiger partial charge in [0.1, 0.15) is 5.75 Å². The molecule has 1 aromatic carbocycles. The quantitative estimate of drug-likeness (QED) is 0.921. The summed E-state index contributed by atoms with van der Waals surface area (Å²) in [7, 11) is -3.29. The predicted molar refractivity (Wildman–Crippen MR) is 81.8 cm³/mol. The number of nitrogens with zero attached hydrogens (tertiary/aromatic N) is 1. The first-order valence-electron chi connectivity index (χ1n) is 6.04. The number of nitrogens with one attached hydrogen (secondary N) is 1. The molecule has 0 amide bonds. The van der Waals surface area contributed by atoms with E-state index in [0.717, 1.165) is 23.3 Å². The minimum Gasteiger partial charge on any atom is -0.491 e. The molecule has 1 N–H and O–H groups in total. The number of ether oxygens (including phenoxy) is 1. The van der Waals surface area contributed by atoms with Crippen LogP contribution in [-0.4, -0.2) is 25.8 Å². The third kappa shape index (κ3) is 4.21. The Labute approximate surface area is 122 Å². The lowest BCUT2D eigenvalue weighted by Crippen LogP contribution is -2.09. The molecule has 0 aliphatic heterocycles. The van der Waals surface area contributed by atoms with E-state index in [1.54, 1.807) is 0 Å². The van der Waals surface area contributed by atoms with Crippen LogP contribution in [0.15, 0.2) is 29.6 Å². The molecular weight excluding hydrogens is 296 g/mol. The van der Waals surface area contributed by atoms with Crippen molar-refractivity contribution in [3.05, 3.63) is 29.6 Å². The number of hydrogen-bond acceptors (Lipinski definition) is 5. The number of rotatable bonds is 5. The van der Waals surface area contributed by atoms with Crippen molar-refractivity contribution in [2.45, 2.75) is 20.0 Å². The first-order valence-corrected chi connectivity index (χ1v) is 8.81. The van der Waals surface area contributed by atoms with Gasteiger partial charge in [-0.25, -0.2) is 13.4 Å². The standard InChI is InChI=1S/C13H16N2O3S2/c1-9(2)18-11-6-4-10(5-7-11)12-8-19-13(14-12)15-20(3,16)17/h4-9H,1-3H3,(H,14,15). The Kier molecular flexibility index (Phi) is 4.29. The molecule has 0 aliphatic rings.